The van der Waals surface area contributed by atoms with Crippen molar-refractivity contribution < 1.29 is 24.1 Å². The third-order valence-corrected chi connectivity index (χ3v) is 9.30. The van der Waals surface area contributed by atoms with Crippen LogP contribution in [0.15, 0.2) is 60.7 Å². The van der Waals surface area contributed by atoms with Crippen LogP contribution in [0, 0.1) is 0 Å². The van der Waals surface area contributed by atoms with Gasteiger partial charge in [-0.3, -0.25) is 0 Å². The summed E-state index contributed by atoms with van der Waals surface area (Å²) in [7, 11) is -1.86. The Morgan fingerprint density at radius 2 is 1.63 bits per heavy atom. The van der Waals surface area contributed by atoms with Gasteiger partial charge in [-0.25, -0.2) is 0 Å². The summed E-state index contributed by atoms with van der Waals surface area (Å²) in [4.78, 5) is 0. The highest BCUT2D eigenvalue weighted by molar-refractivity contribution is 6.89. The monoisotopic (exact) mass is 428 g/mol. The molecule has 1 N–H and O–H groups in total. The van der Waals surface area contributed by atoms with Gasteiger partial charge < -0.3 is 24.1 Å². The van der Waals surface area contributed by atoms with E-state index in [1.54, 1.807) is 0 Å². The molecule has 0 aliphatic carbocycles. The van der Waals surface area contributed by atoms with Gasteiger partial charge in [0.05, 0.1) is 20.8 Å². The van der Waals surface area contributed by atoms with Crippen molar-refractivity contribution in [3.05, 3.63) is 66.2 Å². The Bertz CT molecular complexity index is 826. The van der Waals surface area contributed by atoms with Crippen LogP contribution in [0.1, 0.15) is 19.4 Å². The smallest absolute Gasteiger partial charge is 0.190 e. The zero-order valence-electron chi connectivity index (χ0n) is 18.2. The zero-order valence-corrected chi connectivity index (χ0v) is 19.2. The van der Waals surface area contributed by atoms with Crippen molar-refractivity contribution in [1.29, 1.82) is 0 Å². The van der Waals surface area contributed by atoms with Crippen molar-refractivity contribution in [2.75, 3.05) is 0 Å². The lowest BCUT2D eigenvalue weighted by Gasteiger charge is -2.32. The van der Waals surface area contributed by atoms with Crippen LogP contribution >= 0.6 is 0 Å². The highest BCUT2D eigenvalue weighted by atomic mass is 28.3. The number of hydrogen-bond acceptors (Lipinski definition) is 5. The van der Waals surface area contributed by atoms with Gasteiger partial charge in [-0.1, -0.05) is 78.9 Å². The first-order valence-electron chi connectivity index (χ1n) is 10.7. The van der Waals surface area contributed by atoms with Gasteiger partial charge in [-0.15, -0.1) is 0 Å². The fourth-order valence-electron chi connectivity index (χ4n) is 4.42. The van der Waals surface area contributed by atoms with E-state index in [0.717, 1.165) is 5.56 Å². The Morgan fingerprint density at radius 1 is 1.00 bits per heavy atom. The fourth-order valence-corrected chi connectivity index (χ4v) is 7.02. The number of hydrogen-bond donors (Lipinski definition) is 1. The molecule has 162 valence electrons. The normalized spacial score (nSPS) is 29.0. The average molecular weight is 429 g/mol. The molecule has 0 saturated carbocycles. The molecule has 0 unspecified atom stereocenters. The molecule has 5 atom stereocenters. The van der Waals surface area contributed by atoms with Crippen molar-refractivity contribution >= 4 is 13.3 Å². The highest BCUT2D eigenvalue weighted by Gasteiger charge is 2.57. The molecule has 0 aromatic heterocycles. The maximum absolute atomic E-state index is 11.2. The Labute approximate surface area is 179 Å². The number of benzene rings is 2. The molecule has 2 aliphatic rings. The SMILES string of the molecule is CC1(C)O[C@@H]2O[C@H]([C@H](O)C[Si](C)(C)c3ccccc3)[C@@H](OCc3ccccc3)[C@@H]2O1. The lowest BCUT2D eigenvalue weighted by atomic mass is 10.1. The van der Waals surface area contributed by atoms with Crippen molar-refractivity contribution in [3.63, 3.8) is 0 Å². The van der Waals surface area contributed by atoms with Gasteiger partial charge in [0, 0.05) is 0 Å². The van der Waals surface area contributed by atoms with E-state index in [0.29, 0.717) is 12.7 Å². The summed E-state index contributed by atoms with van der Waals surface area (Å²) < 4.78 is 24.5. The zero-order chi connectivity index (χ0) is 21.4. The third kappa shape index (κ3) is 4.69. The molecule has 2 aromatic rings. The van der Waals surface area contributed by atoms with Crippen molar-refractivity contribution in [2.45, 2.75) is 76.1 Å². The summed E-state index contributed by atoms with van der Waals surface area (Å²) >= 11 is 0. The number of aliphatic hydroxyl groups is 1. The molecule has 6 heteroatoms. The predicted molar refractivity (Wildman–Crippen MR) is 118 cm³/mol. The average Bonchev–Trinajstić information content (AvgIpc) is 3.19. The molecular formula is C24H32O5Si. The van der Waals surface area contributed by atoms with E-state index in [1.807, 2.05) is 50.2 Å². The van der Waals surface area contributed by atoms with Crippen LogP contribution in [0.5, 0.6) is 0 Å². The van der Waals surface area contributed by atoms with E-state index in [1.165, 1.54) is 5.19 Å². The molecule has 0 bridgehead atoms. The van der Waals surface area contributed by atoms with Gasteiger partial charge in [-0.2, -0.15) is 0 Å². The van der Waals surface area contributed by atoms with Crippen LogP contribution in [-0.2, 0) is 25.6 Å². The first-order valence-corrected chi connectivity index (χ1v) is 13.9. The number of ether oxygens (including phenoxy) is 4. The largest absolute Gasteiger partial charge is 0.391 e. The van der Waals surface area contributed by atoms with E-state index in [-0.39, 0.29) is 6.10 Å². The summed E-state index contributed by atoms with van der Waals surface area (Å²) in [6, 6.07) is 21.1. The van der Waals surface area contributed by atoms with E-state index in [4.69, 9.17) is 18.9 Å². The second kappa shape index (κ2) is 8.53. The van der Waals surface area contributed by atoms with Gasteiger partial charge in [0.2, 0.25) is 0 Å². The molecule has 0 spiro atoms. The van der Waals surface area contributed by atoms with E-state index in [2.05, 4.69) is 37.4 Å². The Balaban J connectivity index is 1.50. The molecule has 2 saturated heterocycles. The quantitative estimate of drug-likeness (QED) is 0.685. The van der Waals surface area contributed by atoms with Crippen LogP contribution < -0.4 is 5.19 Å². The van der Waals surface area contributed by atoms with Crippen LogP contribution in [-0.4, -0.2) is 49.7 Å². The first kappa shape index (κ1) is 21.7. The minimum atomic E-state index is -1.86. The lowest BCUT2D eigenvalue weighted by molar-refractivity contribution is -0.229. The molecular weight excluding hydrogens is 396 g/mol. The molecule has 0 amide bonds. The summed E-state index contributed by atoms with van der Waals surface area (Å²) in [5.41, 5.74) is 1.08. The molecule has 5 nitrogen and oxygen atoms in total. The summed E-state index contributed by atoms with van der Waals surface area (Å²) in [5.74, 6) is -0.725. The highest BCUT2D eigenvalue weighted by Crippen LogP contribution is 2.40. The van der Waals surface area contributed by atoms with E-state index >= 15 is 0 Å². The maximum Gasteiger partial charge on any atom is 0.190 e. The van der Waals surface area contributed by atoms with E-state index < -0.39 is 38.5 Å². The Hall–Kier alpha value is -1.54. The minimum Gasteiger partial charge on any atom is -0.391 e. The summed E-state index contributed by atoms with van der Waals surface area (Å²) in [6.07, 6.45) is -2.43. The van der Waals surface area contributed by atoms with Gasteiger partial charge >= 0.3 is 0 Å². The summed E-state index contributed by atoms with van der Waals surface area (Å²) in [6.45, 7) is 8.73. The van der Waals surface area contributed by atoms with Gasteiger partial charge in [0.15, 0.2) is 12.1 Å². The molecule has 4 rings (SSSR count). The lowest BCUT2D eigenvalue weighted by Crippen LogP contribution is -2.49. The van der Waals surface area contributed by atoms with Crippen LogP contribution in [0.4, 0.5) is 0 Å². The Kier molecular flexibility index (Phi) is 6.17. The molecule has 2 heterocycles. The maximum atomic E-state index is 11.2. The second-order valence-corrected chi connectivity index (χ2v) is 14.1. The standard InChI is InChI=1S/C24H32O5Si/c1-24(2)28-22-21(26-15-17-11-7-5-8-12-17)20(27-23(22)29-24)19(25)16-30(3,4)18-13-9-6-10-14-18/h5-14,19-23,25H,15-16H2,1-4H3/t19-,20-,21-,22+,23+/m1/s1. The van der Waals surface area contributed by atoms with Gasteiger partial charge in [0.1, 0.15) is 18.3 Å². The van der Waals surface area contributed by atoms with Crippen LogP contribution in [0.25, 0.3) is 0 Å². The number of rotatable bonds is 7. The topological polar surface area (TPSA) is 57.2 Å². The molecule has 30 heavy (non-hydrogen) atoms. The predicted octanol–water partition coefficient (Wildman–Crippen LogP) is 3.42. The van der Waals surface area contributed by atoms with Crippen LogP contribution in [0.2, 0.25) is 19.1 Å². The van der Waals surface area contributed by atoms with Crippen molar-refractivity contribution in [1.82, 2.24) is 0 Å². The fraction of sp³-hybridized carbons (Fsp3) is 0.500. The van der Waals surface area contributed by atoms with Crippen LogP contribution in [0.3, 0.4) is 0 Å². The molecule has 2 aromatic carbocycles. The first-order chi connectivity index (χ1) is 14.3. The van der Waals surface area contributed by atoms with Crippen molar-refractivity contribution in [2.24, 2.45) is 0 Å². The van der Waals surface area contributed by atoms with Gasteiger partial charge in [-0.05, 0) is 25.5 Å². The molecule has 0 radical (unpaired) electrons. The van der Waals surface area contributed by atoms with Crippen molar-refractivity contribution in [3.8, 4) is 0 Å². The number of fused-ring (bicyclic) bond motifs is 1. The Morgan fingerprint density at radius 3 is 2.30 bits per heavy atom. The second-order valence-electron chi connectivity index (χ2n) is 9.35. The summed E-state index contributed by atoms with van der Waals surface area (Å²) in [5, 5.41) is 12.5. The van der Waals surface area contributed by atoms with Gasteiger partial charge in [0.25, 0.3) is 0 Å². The third-order valence-electron chi connectivity index (χ3n) is 5.97. The minimum absolute atomic E-state index is 0.357. The van der Waals surface area contributed by atoms with E-state index in [9.17, 15) is 5.11 Å². The number of aliphatic hydroxyl groups excluding tert-OH is 1. The molecule has 2 aliphatic heterocycles. The molecule has 2 fully saturated rings.